The Morgan fingerprint density at radius 3 is 1.32 bits per heavy atom. The van der Waals surface area contributed by atoms with Crippen LogP contribution in [-0.4, -0.2) is 4.57 Å². The second kappa shape index (κ2) is 16.1. The number of hydrogen-bond donors (Lipinski definition) is 0. The first kappa shape index (κ1) is 36.8. The Bertz CT molecular complexity index is 3310. The Morgan fingerprint density at radius 2 is 0.710 bits per heavy atom. The zero-order chi connectivity index (χ0) is 41.2. The molecule has 0 atom stereocenters. The molecule has 11 rings (SSSR count). The van der Waals surface area contributed by atoms with E-state index in [2.05, 4.69) is 264 Å². The van der Waals surface area contributed by atoms with Crippen LogP contribution in [0.25, 0.3) is 83.1 Å². The van der Waals surface area contributed by atoms with Crippen molar-refractivity contribution in [1.82, 2.24) is 4.57 Å². The summed E-state index contributed by atoms with van der Waals surface area (Å²) in [4.78, 5) is 2.48. The summed E-state index contributed by atoms with van der Waals surface area (Å²) >= 11 is 0. The van der Waals surface area contributed by atoms with Gasteiger partial charge in [-0.1, -0.05) is 206 Å². The highest BCUT2D eigenvalue weighted by atomic mass is 15.2. The third kappa shape index (κ3) is 6.65. The van der Waals surface area contributed by atoms with E-state index in [-0.39, 0.29) is 0 Å². The molecule has 0 aliphatic heterocycles. The minimum absolute atomic E-state index is 1.08. The van der Waals surface area contributed by atoms with Crippen LogP contribution in [0, 0.1) is 0 Å². The van der Waals surface area contributed by atoms with Gasteiger partial charge in [-0.25, -0.2) is 0 Å². The lowest BCUT2D eigenvalue weighted by Crippen LogP contribution is -2.12. The molecule has 0 saturated carbocycles. The molecule has 62 heavy (non-hydrogen) atoms. The molecule has 2 nitrogen and oxygen atoms in total. The average Bonchev–Trinajstić information content (AvgIpc) is 3.70. The summed E-state index contributed by atoms with van der Waals surface area (Å²) in [6.07, 6.45) is 0. The monoisotopic (exact) mass is 790 g/mol. The fourth-order valence-electron chi connectivity index (χ4n) is 9.19. The number of benzene rings is 10. The molecule has 0 spiro atoms. The van der Waals surface area contributed by atoms with Crippen molar-refractivity contribution in [3.8, 4) is 61.3 Å². The van der Waals surface area contributed by atoms with E-state index in [1.165, 1.54) is 60.8 Å². The van der Waals surface area contributed by atoms with Crippen molar-refractivity contribution >= 4 is 38.9 Å². The van der Waals surface area contributed by atoms with E-state index in [1.807, 2.05) is 0 Å². The number of para-hydroxylation sites is 2. The van der Waals surface area contributed by atoms with E-state index in [0.717, 1.165) is 39.3 Å². The second-order valence-corrected chi connectivity index (χ2v) is 15.7. The topological polar surface area (TPSA) is 8.17 Å². The molecular formula is C60H42N2. The maximum atomic E-state index is 2.48. The van der Waals surface area contributed by atoms with E-state index in [0.29, 0.717) is 0 Å². The molecule has 2 heteroatoms. The van der Waals surface area contributed by atoms with Gasteiger partial charge in [-0.2, -0.15) is 0 Å². The minimum atomic E-state index is 1.08. The molecule has 292 valence electrons. The van der Waals surface area contributed by atoms with Gasteiger partial charge in [0.15, 0.2) is 0 Å². The van der Waals surface area contributed by atoms with Gasteiger partial charge in [0.2, 0.25) is 0 Å². The Morgan fingerprint density at radius 1 is 0.274 bits per heavy atom. The van der Waals surface area contributed by atoms with E-state index < -0.39 is 0 Å². The molecule has 1 aromatic heterocycles. The quantitative estimate of drug-likeness (QED) is 0.141. The first-order chi connectivity index (χ1) is 30.8. The van der Waals surface area contributed by atoms with Crippen molar-refractivity contribution in [3.05, 3.63) is 255 Å². The lowest BCUT2D eigenvalue weighted by Gasteiger charge is -2.29. The van der Waals surface area contributed by atoms with E-state index in [9.17, 15) is 0 Å². The molecule has 0 saturated heterocycles. The van der Waals surface area contributed by atoms with Gasteiger partial charge in [0.05, 0.1) is 22.4 Å². The SMILES string of the molecule is c1ccc(-c2ccccc2-c2ccc(-n3c4ccccc4c4c(N(c5ccc(-c6ccccc6)c(-c6ccccc6)c5)c5ccccc5-c5ccccc5)cccc43)cc2)cc1. The zero-order valence-corrected chi connectivity index (χ0v) is 34.1. The molecule has 0 radical (unpaired) electrons. The maximum Gasteiger partial charge on any atom is 0.0562 e. The van der Waals surface area contributed by atoms with Crippen molar-refractivity contribution in [2.24, 2.45) is 0 Å². The lowest BCUT2D eigenvalue weighted by atomic mass is 9.93. The number of anilines is 3. The van der Waals surface area contributed by atoms with E-state index >= 15 is 0 Å². The number of nitrogens with zero attached hydrogens (tertiary/aromatic N) is 2. The van der Waals surface area contributed by atoms with Crippen LogP contribution >= 0.6 is 0 Å². The van der Waals surface area contributed by atoms with Gasteiger partial charge in [0.25, 0.3) is 0 Å². The van der Waals surface area contributed by atoms with Gasteiger partial charge in [-0.05, 0) is 98.6 Å². The Kier molecular flexibility index (Phi) is 9.57. The van der Waals surface area contributed by atoms with E-state index in [1.54, 1.807) is 0 Å². The maximum absolute atomic E-state index is 2.48. The Labute approximate surface area is 362 Å². The highest BCUT2D eigenvalue weighted by Gasteiger charge is 2.24. The first-order valence-corrected chi connectivity index (χ1v) is 21.3. The third-order valence-corrected chi connectivity index (χ3v) is 12.0. The minimum Gasteiger partial charge on any atom is -0.309 e. The smallest absolute Gasteiger partial charge is 0.0562 e. The molecule has 0 N–H and O–H groups in total. The van der Waals surface area contributed by atoms with Gasteiger partial charge in [-0.15, -0.1) is 0 Å². The predicted molar refractivity (Wildman–Crippen MR) is 263 cm³/mol. The average molecular weight is 791 g/mol. The van der Waals surface area contributed by atoms with Crippen LogP contribution in [0.15, 0.2) is 255 Å². The summed E-state index contributed by atoms with van der Waals surface area (Å²) in [5, 5.41) is 2.39. The summed E-state index contributed by atoms with van der Waals surface area (Å²) < 4.78 is 2.43. The molecule has 0 fully saturated rings. The summed E-state index contributed by atoms with van der Waals surface area (Å²) in [7, 11) is 0. The lowest BCUT2D eigenvalue weighted by molar-refractivity contribution is 1.18. The standard InChI is InChI=1S/C60H42N2/c1-5-20-43(21-6-1)50-28-13-14-29-51(50)47-36-38-48(39-37-47)61-57-33-18-16-31-54(57)60-58(61)34-19-35-59(60)62(56-32-17-15-30-53(56)45-24-9-3-10-25-45)49-40-41-52(44-22-7-2-8-23-44)55(42-49)46-26-11-4-12-27-46/h1-42H. The molecule has 0 unspecified atom stereocenters. The summed E-state index contributed by atoms with van der Waals surface area (Å²) in [6.45, 7) is 0. The van der Waals surface area contributed by atoms with Crippen LogP contribution in [0.1, 0.15) is 0 Å². The van der Waals surface area contributed by atoms with Crippen molar-refractivity contribution in [2.45, 2.75) is 0 Å². The van der Waals surface area contributed by atoms with Gasteiger partial charge in [0.1, 0.15) is 0 Å². The van der Waals surface area contributed by atoms with Gasteiger partial charge in [0, 0.05) is 27.7 Å². The van der Waals surface area contributed by atoms with Crippen LogP contribution in [0.4, 0.5) is 17.1 Å². The number of hydrogen-bond acceptors (Lipinski definition) is 1. The summed E-state index contributed by atoms with van der Waals surface area (Å²) in [5.74, 6) is 0. The molecular weight excluding hydrogens is 749 g/mol. The summed E-state index contributed by atoms with van der Waals surface area (Å²) in [6, 6.07) is 92.1. The second-order valence-electron chi connectivity index (χ2n) is 15.7. The highest BCUT2D eigenvalue weighted by Crippen LogP contribution is 2.48. The molecule has 0 bridgehead atoms. The number of fused-ring (bicyclic) bond motifs is 3. The van der Waals surface area contributed by atoms with Gasteiger partial charge < -0.3 is 9.47 Å². The fourth-order valence-corrected chi connectivity index (χ4v) is 9.19. The fraction of sp³-hybridized carbons (Fsp3) is 0. The van der Waals surface area contributed by atoms with Gasteiger partial charge >= 0.3 is 0 Å². The molecule has 1 heterocycles. The molecule has 10 aromatic carbocycles. The predicted octanol–water partition coefficient (Wildman–Crippen LogP) is 16.6. The van der Waals surface area contributed by atoms with Crippen LogP contribution < -0.4 is 4.90 Å². The number of aromatic nitrogens is 1. The van der Waals surface area contributed by atoms with Crippen molar-refractivity contribution in [3.63, 3.8) is 0 Å². The third-order valence-electron chi connectivity index (χ3n) is 12.0. The molecule has 0 aliphatic carbocycles. The molecule has 0 amide bonds. The first-order valence-electron chi connectivity index (χ1n) is 21.3. The van der Waals surface area contributed by atoms with Crippen molar-refractivity contribution in [2.75, 3.05) is 4.90 Å². The number of rotatable bonds is 9. The van der Waals surface area contributed by atoms with Crippen LogP contribution in [0.2, 0.25) is 0 Å². The largest absolute Gasteiger partial charge is 0.309 e. The van der Waals surface area contributed by atoms with Crippen LogP contribution in [-0.2, 0) is 0 Å². The highest BCUT2D eigenvalue weighted by molar-refractivity contribution is 6.17. The van der Waals surface area contributed by atoms with Crippen molar-refractivity contribution in [1.29, 1.82) is 0 Å². The Hall–Kier alpha value is -8.20. The van der Waals surface area contributed by atoms with Gasteiger partial charge in [-0.3, -0.25) is 0 Å². The molecule has 0 aliphatic rings. The van der Waals surface area contributed by atoms with Crippen molar-refractivity contribution < 1.29 is 0 Å². The van der Waals surface area contributed by atoms with Crippen LogP contribution in [0.5, 0.6) is 0 Å². The zero-order valence-electron chi connectivity index (χ0n) is 34.1. The van der Waals surface area contributed by atoms with E-state index in [4.69, 9.17) is 0 Å². The normalized spacial score (nSPS) is 11.2. The Balaban J connectivity index is 1.13. The molecule has 11 aromatic rings. The van der Waals surface area contributed by atoms with Crippen LogP contribution in [0.3, 0.4) is 0 Å². The summed E-state index contributed by atoms with van der Waals surface area (Å²) in [5.41, 5.74) is 18.6.